The first-order valence-corrected chi connectivity index (χ1v) is 11.6. The van der Waals surface area contributed by atoms with Gasteiger partial charge in [0, 0.05) is 30.6 Å². The van der Waals surface area contributed by atoms with E-state index < -0.39 is 5.79 Å². The third kappa shape index (κ3) is 2.89. The number of fused-ring (bicyclic) bond motifs is 1. The van der Waals surface area contributed by atoms with Crippen molar-refractivity contribution in [3.8, 4) is 0 Å². The van der Waals surface area contributed by atoms with Crippen molar-refractivity contribution in [2.24, 2.45) is 5.92 Å². The van der Waals surface area contributed by atoms with Gasteiger partial charge >= 0.3 is 0 Å². The van der Waals surface area contributed by atoms with Crippen LogP contribution in [0.4, 0.5) is 0 Å². The highest BCUT2D eigenvalue weighted by molar-refractivity contribution is 5.28. The number of hydroxylamine groups is 2. The number of hydrogen-bond acceptors (Lipinski definition) is 4. The molecule has 2 aliphatic carbocycles. The highest BCUT2D eigenvalue weighted by atomic mass is 17.0. The quantitative estimate of drug-likeness (QED) is 0.665. The van der Waals surface area contributed by atoms with Gasteiger partial charge in [0.2, 0.25) is 0 Å². The highest BCUT2D eigenvalue weighted by Crippen LogP contribution is 2.61. The van der Waals surface area contributed by atoms with Gasteiger partial charge in [-0.15, -0.1) is 0 Å². The summed E-state index contributed by atoms with van der Waals surface area (Å²) in [5.41, 5.74) is 2.63. The minimum absolute atomic E-state index is 0.127. The van der Waals surface area contributed by atoms with Gasteiger partial charge in [-0.2, -0.15) is 0 Å². The van der Waals surface area contributed by atoms with Crippen LogP contribution in [-0.2, 0) is 14.4 Å². The molecule has 7 atom stereocenters. The van der Waals surface area contributed by atoms with Crippen LogP contribution >= 0.6 is 0 Å². The standard InChI is InChI=1S/C26H31NO3/c1-25-21-16-26(30-27(25)28-18-21,17-23(25)20-12-6-3-7-13-20)29-24-15-9-8-14-22(24)19-10-4-2-5-11-19/h2-7,10-13,21-24H,8-9,14-18H2,1H3. The normalized spacial score (nSPS) is 42.4. The van der Waals surface area contributed by atoms with Crippen LogP contribution in [-0.4, -0.2) is 29.3 Å². The van der Waals surface area contributed by atoms with Gasteiger partial charge in [0.25, 0.3) is 0 Å². The number of rotatable bonds is 4. The second-order valence-electron chi connectivity index (χ2n) is 9.81. The van der Waals surface area contributed by atoms with Crippen molar-refractivity contribution in [1.82, 2.24) is 5.23 Å². The number of ether oxygens (including phenoxy) is 1. The maximum absolute atomic E-state index is 7.01. The lowest BCUT2D eigenvalue weighted by Crippen LogP contribution is -2.67. The number of hydrogen-bond donors (Lipinski definition) is 0. The number of nitrogens with zero attached hydrogens (tertiary/aromatic N) is 1. The second-order valence-corrected chi connectivity index (χ2v) is 9.81. The van der Waals surface area contributed by atoms with Crippen molar-refractivity contribution in [2.45, 2.75) is 74.7 Å². The predicted octanol–water partition coefficient (Wildman–Crippen LogP) is 5.57. The Labute approximate surface area is 179 Å². The van der Waals surface area contributed by atoms with E-state index >= 15 is 0 Å². The molecule has 5 fully saturated rings. The monoisotopic (exact) mass is 405 g/mol. The maximum atomic E-state index is 7.01. The summed E-state index contributed by atoms with van der Waals surface area (Å²) < 4.78 is 7.01. The molecule has 0 aromatic heterocycles. The van der Waals surface area contributed by atoms with Crippen LogP contribution < -0.4 is 0 Å². The molecule has 0 amide bonds. The SMILES string of the molecule is CC12C3CON1OC(OC1CCCCC1c1ccccc1)(C3)CC2c1ccccc1. The Morgan fingerprint density at radius 3 is 2.33 bits per heavy atom. The zero-order chi connectivity index (χ0) is 20.2. The summed E-state index contributed by atoms with van der Waals surface area (Å²) in [6.45, 7) is 3.02. The molecule has 4 nitrogen and oxygen atoms in total. The molecule has 2 saturated carbocycles. The highest BCUT2D eigenvalue weighted by Gasteiger charge is 2.68. The van der Waals surface area contributed by atoms with Crippen LogP contribution in [0, 0.1) is 5.92 Å². The lowest BCUT2D eigenvalue weighted by molar-refractivity contribution is -0.506. The molecule has 0 radical (unpaired) electrons. The Morgan fingerprint density at radius 2 is 1.60 bits per heavy atom. The topological polar surface area (TPSA) is 30.9 Å². The van der Waals surface area contributed by atoms with Crippen LogP contribution in [0.15, 0.2) is 60.7 Å². The lowest BCUT2D eigenvalue weighted by atomic mass is 9.62. The van der Waals surface area contributed by atoms with E-state index in [1.54, 1.807) is 0 Å². The second kappa shape index (κ2) is 7.16. The lowest BCUT2D eigenvalue weighted by Gasteiger charge is -2.59. The van der Waals surface area contributed by atoms with E-state index in [0.29, 0.717) is 17.8 Å². The summed E-state index contributed by atoms with van der Waals surface area (Å²) in [6, 6.07) is 21.8. The van der Waals surface area contributed by atoms with Gasteiger partial charge in [-0.3, -0.25) is 4.84 Å². The fraction of sp³-hybridized carbons (Fsp3) is 0.538. The van der Waals surface area contributed by atoms with Gasteiger partial charge < -0.3 is 4.74 Å². The van der Waals surface area contributed by atoms with Crippen molar-refractivity contribution < 1.29 is 14.4 Å². The Balaban J connectivity index is 1.32. The molecule has 7 unspecified atom stereocenters. The van der Waals surface area contributed by atoms with Gasteiger partial charge in [-0.05, 0) is 30.9 Å². The van der Waals surface area contributed by atoms with E-state index in [9.17, 15) is 0 Å². The average Bonchev–Trinajstić information content (AvgIpc) is 2.99. The minimum Gasteiger partial charge on any atom is -0.344 e. The summed E-state index contributed by atoms with van der Waals surface area (Å²) in [5, 5.41) is 1.81. The molecule has 4 bridgehead atoms. The summed E-state index contributed by atoms with van der Waals surface area (Å²) in [5.74, 6) is 0.613. The third-order valence-corrected chi connectivity index (χ3v) is 8.14. The Kier molecular flexibility index (Phi) is 4.54. The predicted molar refractivity (Wildman–Crippen MR) is 114 cm³/mol. The largest absolute Gasteiger partial charge is 0.344 e. The molecule has 7 rings (SSSR count). The van der Waals surface area contributed by atoms with E-state index in [0.717, 1.165) is 25.9 Å². The first-order valence-electron chi connectivity index (χ1n) is 11.6. The van der Waals surface area contributed by atoms with E-state index in [4.69, 9.17) is 14.4 Å². The summed E-state index contributed by atoms with van der Waals surface area (Å²) in [6.07, 6.45) is 6.80. The van der Waals surface area contributed by atoms with Gasteiger partial charge in [0.15, 0.2) is 5.79 Å². The molecule has 0 N–H and O–H groups in total. The molecular formula is C26H31NO3. The summed E-state index contributed by atoms with van der Waals surface area (Å²) in [4.78, 5) is 12.5. The fourth-order valence-corrected chi connectivity index (χ4v) is 6.47. The van der Waals surface area contributed by atoms with Crippen molar-refractivity contribution in [3.63, 3.8) is 0 Å². The third-order valence-electron chi connectivity index (χ3n) is 8.14. The van der Waals surface area contributed by atoms with E-state index in [1.165, 1.54) is 30.4 Å². The van der Waals surface area contributed by atoms with E-state index in [1.807, 2.05) is 5.23 Å². The molecule has 5 aliphatic rings. The van der Waals surface area contributed by atoms with Gasteiger partial charge in [0.1, 0.15) is 0 Å². The molecule has 4 heteroatoms. The van der Waals surface area contributed by atoms with Crippen LogP contribution in [0.25, 0.3) is 0 Å². The molecule has 30 heavy (non-hydrogen) atoms. The zero-order valence-corrected chi connectivity index (χ0v) is 17.7. The molecule has 2 aromatic carbocycles. The van der Waals surface area contributed by atoms with E-state index in [2.05, 4.69) is 67.6 Å². The van der Waals surface area contributed by atoms with Gasteiger partial charge in [0.05, 0.1) is 18.2 Å². The van der Waals surface area contributed by atoms with Gasteiger partial charge in [-0.1, -0.05) is 78.7 Å². The van der Waals surface area contributed by atoms with Crippen LogP contribution in [0.2, 0.25) is 0 Å². The van der Waals surface area contributed by atoms with E-state index in [-0.39, 0.29) is 11.6 Å². The molecule has 0 spiro atoms. The van der Waals surface area contributed by atoms with Gasteiger partial charge in [-0.25, -0.2) is 4.84 Å². The number of benzene rings is 2. The first-order chi connectivity index (χ1) is 14.7. The molecule has 3 heterocycles. The smallest absolute Gasteiger partial charge is 0.191 e. The molecule has 2 aromatic rings. The van der Waals surface area contributed by atoms with Crippen molar-refractivity contribution in [3.05, 3.63) is 71.8 Å². The molecular weight excluding hydrogens is 374 g/mol. The van der Waals surface area contributed by atoms with Crippen molar-refractivity contribution >= 4 is 0 Å². The first kappa shape index (κ1) is 19.0. The Bertz CT molecular complexity index is 872. The average molecular weight is 406 g/mol. The summed E-state index contributed by atoms with van der Waals surface area (Å²) >= 11 is 0. The van der Waals surface area contributed by atoms with Crippen molar-refractivity contribution in [1.29, 1.82) is 0 Å². The summed E-state index contributed by atoms with van der Waals surface area (Å²) in [7, 11) is 0. The fourth-order valence-electron chi connectivity index (χ4n) is 6.47. The maximum Gasteiger partial charge on any atom is 0.191 e. The Morgan fingerprint density at radius 1 is 0.900 bits per heavy atom. The van der Waals surface area contributed by atoms with Crippen LogP contribution in [0.5, 0.6) is 0 Å². The van der Waals surface area contributed by atoms with Crippen LogP contribution in [0.1, 0.15) is 68.4 Å². The van der Waals surface area contributed by atoms with Crippen molar-refractivity contribution in [2.75, 3.05) is 6.61 Å². The van der Waals surface area contributed by atoms with Crippen LogP contribution in [0.3, 0.4) is 0 Å². The molecule has 158 valence electrons. The minimum atomic E-state index is -0.589. The molecule has 3 saturated heterocycles. The Hall–Kier alpha value is -1.72. The molecule has 3 aliphatic heterocycles. The zero-order valence-electron chi connectivity index (χ0n) is 17.7.